The summed E-state index contributed by atoms with van der Waals surface area (Å²) in [5, 5.41) is 2.66. The highest BCUT2D eigenvalue weighted by atomic mass is 19.3. The van der Waals surface area contributed by atoms with E-state index < -0.39 is 17.7 Å². The summed E-state index contributed by atoms with van der Waals surface area (Å²) in [6.07, 6.45) is 0.503. The maximum absolute atomic E-state index is 13.5. The van der Waals surface area contributed by atoms with Crippen molar-refractivity contribution in [1.29, 1.82) is 0 Å². The number of piperidine rings is 1. The summed E-state index contributed by atoms with van der Waals surface area (Å²) in [7, 11) is 0. The molecule has 1 saturated heterocycles. The molecule has 1 N–H and O–H groups in total. The molecular formula is C12H14F3N. The Bertz CT molecular complexity index is 365. The van der Waals surface area contributed by atoms with Crippen LogP contribution in [0.3, 0.4) is 0 Å². The molecule has 0 amide bonds. The Balaban J connectivity index is 2.12. The van der Waals surface area contributed by atoms with E-state index in [1.807, 2.05) is 0 Å². The van der Waals surface area contributed by atoms with Crippen molar-refractivity contribution in [2.75, 3.05) is 13.1 Å². The Morgan fingerprint density at radius 1 is 1.31 bits per heavy atom. The van der Waals surface area contributed by atoms with Gasteiger partial charge >= 0.3 is 0 Å². The Kier molecular flexibility index (Phi) is 3.19. The van der Waals surface area contributed by atoms with E-state index in [1.165, 1.54) is 6.07 Å². The fourth-order valence-corrected chi connectivity index (χ4v) is 2.07. The van der Waals surface area contributed by atoms with Crippen LogP contribution < -0.4 is 5.32 Å². The van der Waals surface area contributed by atoms with E-state index in [2.05, 4.69) is 5.32 Å². The Morgan fingerprint density at radius 2 is 2.06 bits per heavy atom. The van der Waals surface area contributed by atoms with Gasteiger partial charge in [-0.15, -0.1) is 0 Å². The smallest absolute Gasteiger partial charge is 0.263 e. The van der Waals surface area contributed by atoms with Gasteiger partial charge in [0.05, 0.1) is 6.54 Å². The molecule has 1 aliphatic heterocycles. The SMILES string of the molecule is Fc1ccccc1CC1CCNCC1(F)F. The second kappa shape index (κ2) is 4.45. The highest BCUT2D eigenvalue weighted by molar-refractivity contribution is 5.18. The lowest BCUT2D eigenvalue weighted by molar-refractivity contribution is -0.0729. The first kappa shape index (κ1) is 11.5. The molecule has 1 unspecified atom stereocenters. The van der Waals surface area contributed by atoms with Crippen LogP contribution in [0.15, 0.2) is 24.3 Å². The zero-order valence-corrected chi connectivity index (χ0v) is 8.85. The predicted octanol–water partition coefficient (Wildman–Crippen LogP) is 2.61. The van der Waals surface area contributed by atoms with Crippen molar-refractivity contribution < 1.29 is 13.2 Å². The van der Waals surface area contributed by atoms with Gasteiger partial charge in [-0.2, -0.15) is 0 Å². The van der Waals surface area contributed by atoms with Gasteiger partial charge in [0.1, 0.15) is 5.82 Å². The molecule has 0 spiro atoms. The highest BCUT2D eigenvalue weighted by Crippen LogP contribution is 2.32. The van der Waals surface area contributed by atoms with Gasteiger partial charge in [-0.25, -0.2) is 13.2 Å². The summed E-state index contributed by atoms with van der Waals surface area (Å²) in [4.78, 5) is 0. The number of hydrogen-bond donors (Lipinski definition) is 1. The average molecular weight is 229 g/mol. The molecule has 4 heteroatoms. The largest absolute Gasteiger partial charge is 0.311 e. The van der Waals surface area contributed by atoms with Crippen LogP contribution in [0, 0.1) is 11.7 Å². The van der Waals surface area contributed by atoms with E-state index in [1.54, 1.807) is 18.2 Å². The van der Waals surface area contributed by atoms with Crippen molar-refractivity contribution in [3.8, 4) is 0 Å². The molecule has 0 radical (unpaired) electrons. The first-order valence-electron chi connectivity index (χ1n) is 5.41. The van der Waals surface area contributed by atoms with Gasteiger partial charge in [-0.1, -0.05) is 18.2 Å². The first-order chi connectivity index (χ1) is 7.59. The zero-order chi connectivity index (χ0) is 11.6. The third-order valence-electron chi connectivity index (χ3n) is 3.05. The molecule has 0 bridgehead atoms. The molecule has 1 atom stereocenters. The van der Waals surface area contributed by atoms with Crippen LogP contribution in [0.5, 0.6) is 0 Å². The predicted molar refractivity (Wildman–Crippen MR) is 56.0 cm³/mol. The van der Waals surface area contributed by atoms with Gasteiger partial charge in [-0.05, 0) is 31.0 Å². The maximum atomic E-state index is 13.5. The summed E-state index contributed by atoms with van der Waals surface area (Å²) in [5.74, 6) is -3.89. The summed E-state index contributed by atoms with van der Waals surface area (Å²) < 4.78 is 40.3. The molecule has 1 aromatic carbocycles. The molecule has 1 heterocycles. The minimum atomic E-state index is -2.74. The van der Waals surface area contributed by atoms with Crippen LogP contribution >= 0.6 is 0 Å². The van der Waals surface area contributed by atoms with Gasteiger partial charge in [0.2, 0.25) is 0 Å². The molecule has 16 heavy (non-hydrogen) atoms. The van der Waals surface area contributed by atoms with Crippen molar-refractivity contribution >= 4 is 0 Å². The summed E-state index contributed by atoms with van der Waals surface area (Å²) in [6.45, 7) is 0.279. The Morgan fingerprint density at radius 3 is 2.75 bits per heavy atom. The van der Waals surface area contributed by atoms with Crippen molar-refractivity contribution in [3.05, 3.63) is 35.6 Å². The van der Waals surface area contributed by atoms with E-state index in [9.17, 15) is 13.2 Å². The average Bonchev–Trinajstić information content (AvgIpc) is 2.24. The number of benzene rings is 1. The normalized spacial score (nSPS) is 24.3. The van der Waals surface area contributed by atoms with Crippen molar-refractivity contribution in [1.82, 2.24) is 5.32 Å². The number of hydrogen-bond acceptors (Lipinski definition) is 1. The number of halogens is 3. The lowest BCUT2D eigenvalue weighted by Crippen LogP contribution is -2.46. The topological polar surface area (TPSA) is 12.0 Å². The number of rotatable bonds is 2. The molecule has 1 aliphatic rings. The first-order valence-corrected chi connectivity index (χ1v) is 5.41. The van der Waals surface area contributed by atoms with Crippen LogP contribution in [0.2, 0.25) is 0 Å². The lowest BCUT2D eigenvalue weighted by atomic mass is 9.88. The number of alkyl halides is 2. The van der Waals surface area contributed by atoms with Gasteiger partial charge in [-0.3, -0.25) is 0 Å². The van der Waals surface area contributed by atoms with E-state index >= 15 is 0 Å². The molecule has 1 nitrogen and oxygen atoms in total. The van der Waals surface area contributed by atoms with E-state index in [0.717, 1.165) is 0 Å². The standard InChI is InChI=1S/C12H14F3N/c13-11-4-2-1-3-9(11)7-10-5-6-16-8-12(10,14)15/h1-4,10,16H,5-8H2. The molecule has 0 aromatic heterocycles. The Labute approximate surface area is 92.7 Å². The maximum Gasteiger partial charge on any atom is 0.263 e. The second-order valence-electron chi connectivity index (χ2n) is 4.22. The van der Waals surface area contributed by atoms with Crippen LogP contribution in [-0.4, -0.2) is 19.0 Å². The summed E-state index contributed by atoms with van der Waals surface area (Å²) in [6, 6.07) is 6.14. The van der Waals surface area contributed by atoms with Crippen molar-refractivity contribution in [2.45, 2.75) is 18.8 Å². The summed E-state index contributed by atoms with van der Waals surface area (Å²) >= 11 is 0. The van der Waals surface area contributed by atoms with Gasteiger partial charge in [0, 0.05) is 5.92 Å². The minimum Gasteiger partial charge on any atom is -0.311 e. The fourth-order valence-electron chi connectivity index (χ4n) is 2.07. The van der Waals surface area contributed by atoms with Crippen LogP contribution in [0.1, 0.15) is 12.0 Å². The quantitative estimate of drug-likeness (QED) is 0.822. The molecular weight excluding hydrogens is 215 g/mol. The monoisotopic (exact) mass is 229 g/mol. The molecule has 0 saturated carbocycles. The second-order valence-corrected chi connectivity index (χ2v) is 4.22. The van der Waals surface area contributed by atoms with Gasteiger partial charge in [0.15, 0.2) is 0 Å². The molecule has 1 fully saturated rings. The lowest BCUT2D eigenvalue weighted by Gasteiger charge is -2.32. The van der Waals surface area contributed by atoms with Crippen molar-refractivity contribution in [3.63, 3.8) is 0 Å². The van der Waals surface area contributed by atoms with Crippen molar-refractivity contribution in [2.24, 2.45) is 5.92 Å². The molecule has 88 valence electrons. The van der Waals surface area contributed by atoms with Crippen LogP contribution in [0.4, 0.5) is 13.2 Å². The molecule has 2 rings (SSSR count). The zero-order valence-electron chi connectivity index (χ0n) is 8.85. The van der Waals surface area contributed by atoms with Crippen LogP contribution in [0.25, 0.3) is 0 Å². The summed E-state index contributed by atoms with van der Waals surface area (Å²) in [5.41, 5.74) is 0.383. The molecule has 1 aromatic rings. The minimum absolute atomic E-state index is 0.112. The Hall–Kier alpha value is -1.03. The van der Waals surface area contributed by atoms with E-state index in [-0.39, 0.29) is 13.0 Å². The van der Waals surface area contributed by atoms with Gasteiger partial charge in [0.25, 0.3) is 5.92 Å². The highest BCUT2D eigenvalue weighted by Gasteiger charge is 2.41. The van der Waals surface area contributed by atoms with Crippen LogP contribution in [-0.2, 0) is 6.42 Å². The third-order valence-corrected chi connectivity index (χ3v) is 3.05. The van der Waals surface area contributed by atoms with Gasteiger partial charge < -0.3 is 5.32 Å². The van der Waals surface area contributed by atoms with E-state index in [4.69, 9.17) is 0 Å². The third kappa shape index (κ3) is 2.38. The van der Waals surface area contributed by atoms with E-state index in [0.29, 0.717) is 18.5 Å². The number of nitrogens with one attached hydrogen (secondary N) is 1. The fraction of sp³-hybridized carbons (Fsp3) is 0.500. The molecule has 0 aliphatic carbocycles.